The van der Waals surface area contributed by atoms with Gasteiger partial charge in [-0.25, -0.2) is 4.98 Å². The van der Waals surface area contributed by atoms with Crippen molar-refractivity contribution in [3.63, 3.8) is 0 Å². The molecule has 0 spiro atoms. The predicted molar refractivity (Wildman–Crippen MR) is 106 cm³/mol. The normalized spacial score (nSPS) is 10.4. The molecule has 132 valence electrons. The molecule has 2 aromatic carbocycles. The number of carbonyl (C=O) groups excluding carboxylic acids is 1. The van der Waals surface area contributed by atoms with Gasteiger partial charge in [-0.05, 0) is 44.0 Å². The van der Waals surface area contributed by atoms with Gasteiger partial charge in [0.05, 0.1) is 0 Å². The van der Waals surface area contributed by atoms with E-state index in [2.05, 4.69) is 33.6 Å². The predicted octanol–water partition coefficient (Wildman–Crippen LogP) is 5.04. The van der Waals surface area contributed by atoms with E-state index in [0.717, 1.165) is 29.3 Å². The number of para-hydroxylation sites is 1. The Morgan fingerprint density at radius 3 is 2.58 bits per heavy atom. The highest BCUT2D eigenvalue weighted by Gasteiger charge is 2.07. The van der Waals surface area contributed by atoms with Crippen LogP contribution in [0.2, 0.25) is 0 Å². The first-order valence-corrected chi connectivity index (χ1v) is 8.64. The second-order valence-electron chi connectivity index (χ2n) is 6.12. The minimum absolute atomic E-state index is 0.0253. The van der Waals surface area contributed by atoms with E-state index in [4.69, 9.17) is 0 Å². The van der Waals surface area contributed by atoms with Gasteiger partial charge in [0.1, 0.15) is 5.82 Å². The maximum atomic E-state index is 11.6. The zero-order chi connectivity index (χ0) is 18.5. The second kappa shape index (κ2) is 7.78. The summed E-state index contributed by atoms with van der Waals surface area (Å²) in [7, 11) is 0. The van der Waals surface area contributed by atoms with E-state index >= 15 is 0 Å². The van der Waals surface area contributed by atoms with E-state index in [1.54, 1.807) is 19.1 Å². The summed E-state index contributed by atoms with van der Waals surface area (Å²) >= 11 is 0. The first-order valence-electron chi connectivity index (χ1n) is 8.64. The van der Waals surface area contributed by atoms with Gasteiger partial charge in [0.15, 0.2) is 5.78 Å². The molecular weight excluding hydrogens is 324 g/mol. The number of nitrogens with zero attached hydrogens (tertiary/aromatic N) is 2. The highest BCUT2D eigenvalue weighted by atomic mass is 16.1. The number of anilines is 4. The number of ketones is 1. The van der Waals surface area contributed by atoms with Gasteiger partial charge in [-0.15, -0.1) is 0 Å². The van der Waals surface area contributed by atoms with E-state index in [9.17, 15) is 4.79 Å². The van der Waals surface area contributed by atoms with Crippen LogP contribution < -0.4 is 10.6 Å². The van der Waals surface area contributed by atoms with Crippen LogP contribution in [0.3, 0.4) is 0 Å². The average Bonchev–Trinajstić information content (AvgIpc) is 2.62. The van der Waals surface area contributed by atoms with Crippen LogP contribution in [0.5, 0.6) is 0 Å². The molecule has 5 heteroatoms. The highest BCUT2D eigenvalue weighted by Crippen LogP contribution is 2.22. The summed E-state index contributed by atoms with van der Waals surface area (Å²) < 4.78 is 0. The quantitative estimate of drug-likeness (QED) is 0.612. The van der Waals surface area contributed by atoms with E-state index in [0.29, 0.717) is 11.5 Å². The van der Waals surface area contributed by atoms with Crippen LogP contribution in [0.15, 0.2) is 54.6 Å². The Morgan fingerprint density at radius 2 is 1.81 bits per heavy atom. The number of hydrogen-bond acceptors (Lipinski definition) is 5. The zero-order valence-electron chi connectivity index (χ0n) is 15.2. The number of nitrogens with one attached hydrogen (secondary N) is 2. The molecule has 3 aromatic rings. The average molecular weight is 346 g/mol. The third kappa shape index (κ3) is 4.25. The Balaban J connectivity index is 1.86. The molecular formula is C21H22N4O. The van der Waals surface area contributed by atoms with Crippen molar-refractivity contribution in [3.8, 4) is 0 Å². The molecule has 1 heterocycles. The van der Waals surface area contributed by atoms with Crippen molar-refractivity contribution in [1.29, 1.82) is 0 Å². The summed E-state index contributed by atoms with van der Waals surface area (Å²) in [5, 5.41) is 6.56. The molecule has 0 saturated carbocycles. The number of aryl methyl sites for hydroxylation is 2. The van der Waals surface area contributed by atoms with E-state index in [1.807, 2.05) is 43.3 Å². The monoisotopic (exact) mass is 346 g/mol. The van der Waals surface area contributed by atoms with Gasteiger partial charge >= 0.3 is 0 Å². The molecule has 0 aliphatic carbocycles. The number of carbonyl (C=O) groups is 1. The molecule has 0 bridgehead atoms. The van der Waals surface area contributed by atoms with Crippen molar-refractivity contribution in [2.24, 2.45) is 0 Å². The van der Waals surface area contributed by atoms with Crippen molar-refractivity contribution in [3.05, 3.63) is 71.4 Å². The molecule has 0 radical (unpaired) electrons. The fraction of sp³-hybridized carbons (Fsp3) is 0.190. The Kier molecular flexibility index (Phi) is 5.27. The van der Waals surface area contributed by atoms with Crippen molar-refractivity contribution in [2.45, 2.75) is 27.2 Å². The summed E-state index contributed by atoms with van der Waals surface area (Å²) in [6.07, 6.45) is 0.941. The zero-order valence-corrected chi connectivity index (χ0v) is 15.2. The maximum Gasteiger partial charge on any atom is 0.229 e. The number of Topliss-reactive ketones (excluding diaryl/α,β-unsaturated/α-hetero) is 1. The third-order valence-electron chi connectivity index (χ3n) is 4.04. The lowest BCUT2D eigenvalue weighted by molar-refractivity contribution is 0.101. The van der Waals surface area contributed by atoms with Crippen LogP contribution in [0.25, 0.3) is 0 Å². The number of rotatable bonds is 6. The van der Waals surface area contributed by atoms with Gasteiger partial charge in [0, 0.05) is 28.7 Å². The van der Waals surface area contributed by atoms with Gasteiger partial charge in [0.25, 0.3) is 0 Å². The molecule has 0 atom stereocenters. The summed E-state index contributed by atoms with van der Waals surface area (Å²) in [6, 6.07) is 17.4. The van der Waals surface area contributed by atoms with Gasteiger partial charge in [0.2, 0.25) is 5.95 Å². The molecule has 0 aliphatic rings. The lowest BCUT2D eigenvalue weighted by Crippen LogP contribution is -2.04. The van der Waals surface area contributed by atoms with Gasteiger partial charge in [-0.3, -0.25) is 4.79 Å². The van der Waals surface area contributed by atoms with Crippen molar-refractivity contribution < 1.29 is 4.79 Å². The Bertz CT molecular complexity index is 937. The van der Waals surface area contributed by atoms with E-state index < -0.39 is 0 Å². The summed E-state index contributed by atoms with van der Waals surface area (Å²) in [6.45, 7) is 5.60. The van der Waals surface area contributed by atoms with Crippen LogP contribution >= 0.6 is 0 Å². The van der Waals surface area contributed by atoms with Gasteiger partial charge in [-0.1, -0.05) is 37.3 Å². The molecule has 0 fully saturated rings. The Morgan fingerprint density at radius 1 is 1.00 bits per heavy atom. The molecule has 1 aromatic heterocycles. The smallest absolute Gasteiger partial charge is 0.229 e. The minimum atomic E-state index is 0.0253. The summed E-state index contributed by atoms with van der Waals surface area (Å²) in [5.74, 6) is 1.24. The lowest BCUT2D eigenvalue weighted by Gasteiger charge is -2.12. The lowest BCUT2D eigenvalue weighted by atomic mass is 10.1. The standard InChI is InChI=1S/C21H22N4O/c1-4-16-8-5-6-11-19(16)24-20-12-14(2)22-21(25-20)23-18-10-7-9-17(13-18)15(3)26/h5-13H,4H2,1-3H3,(H2,22,23,24,25). The minimum Gasteiger partial charge on any atom is -0.340 e. The maximum absolute atomic E-state index is 11.6. The molecule has 26 heavy (non-hydrogen) atoms. The fourth-order valence-corrected chi connectivity index (χ4v) is 2.72. The van der Waals surface area contributed by atoms with Crippen molar-refractivity contribution in [1.82, 2.24) is 9.97 Å². The molecule has 0 unspecified atom stereocenters. The van der Waals surface area contributed by atoms with Crippen LogP contribution in [0, 0.1) is 6.92 Å². The Labute approximate surface area is 153 Å². The third-order valence-corrected chi connectivity index (χ3v) is 4.04. The molecule has 3 rings (SSSR count). The fourth-order valence-electron chi connectivity index (χ4n) is 2.72. The first-order chi connectivity index (χ1) is 12.5. The van der Waals surface area contributed by atoms with Gasteiger partial charge < -0.3 is 10.6 Å². The molecule has 5 nitrogen and oxygen atoms in total. The second-order valence-corrected chi connectivity index (χ2v) is 6.12. The molecule has 0 aliphatic heterocycles. The topological polar surface area (TPSA) is 66.9 Å². The van der Waals surface area contributed by atoms with Crippen molar-refractivity contribution in [2.75, 3.05) is 10.6 Å². The van der Waals surface area contributed by atoms with Crippen molar-refractivity contribution >= 4 is 28.9 Å². The van der Waals surface area contributed by atoms with Crippen LogP contribution in [0.4, 0.5) is 23.1 Å². The van der Waals surface area contributed by atoms with Crippen LogP contribution in [0.1, 0.15) is 35.5 Å². The first kappa shape index (κ1) is 17.6. The van der Waals surface area contributed by atoms with Crippen LogP contribution in [-0.2, 0) is 6.42 Å². The largest absolute Gasteiger partial charge is 0.340 e. The molecule has 0 saturated heterocycles. The van der Waals surface area contributed by atoms with E-state index in [-0.39, 0.29) is 5.78 Å². The van der Waals surface area contributed by atoms with Crippen LogP contribution in [-0.4, -0.2) is 15.8 Å². The summed E-state index contributed by atoms with van der Waals surface area (Å²) in [5.41, 5.74) is 4.55. The number of hydrogen-bond donors (Lipinski definition) is 2. The summed E-state index contributed by atoms with van der Waals surface area (Å²) in [4.78, 5) is 20.5. The number of benzene rings is 2. The number of aromatic nitrogens is 2. The van der Waals surface area contributed by atoms with E-state index in [1.165, 1.54) is 5.56 Å². The molecule has 2 N–H and O–H groups in total. The highest BCUT2D eigenvalue weighted by molar-refractivity contribution is 5.95. The Hall–Kier alpha value is -3.21. The molecule has 0 amide bonds. The SMILES string of the molecule is CCc1ccccc1Nc1cc(C)nc(Nc2cccc(C(C)=O)c2)n1. The van der Waals surface area contributed by atoms with Gasteiger partial charge in [-0.2, -0.15) is 4.98 Å².